The third-order valence-electron chi connectivity index (χ3n) is 5.07. The van der Waals surface area contributed by atoms with Gasteiger partial charge < -0.3 is 4.74 Å². The molecule has 0 radical (unpaired) electrons. The van der Waals surface area contributed by atoms with E-state index in [-0.39, 0.29) is 12.3 Å². The summed E-state index contributed by atoms with van der Waals surface area (Å²) in [6.07, 6.45) is 0.412. The van der Waals surface area contributed by atoms with Gasteiger partial charge in [-0.2, -0.15) is 5.10 Å². The number of rotatable bonds is 2. The highest BCUT2D eigenvalue weighted by Crippen LogP contribution is 2.50. The van der Waals surface area contributed by atoms with Crippen molar-refractivity contribution in [3.63, 3.8) is 0 Å². The van der Waals surface area contributed by atoms with E-state index in [1.807, 2.05) is 53.5 Å². The molecule has 28 heavy (non-hydrogen) atoms. The van der Waals surface area contributed by atoms with Crippen LogP contribution in [0.4, 0.5) is 0 Å². The molecule has 0 aromatic heterocycles. The van der Waals surface area contributed by atoms with Crippen molar-refractivity contribution >= 4 is 44.8 Å². The second-order valence-electron chi connectivity index (χ2n) is 6.84. The summed E-state index contributed by atoms with van der Waals surface area (Å²) in [6, 6.07) is 22.0. The summed E-state index contributed by atoms with van der Waals surface area (Å²) in [7, 11) is 0. The quantitative estimate of drug-likeness (QED) is 0.400. The molecule has 140 valence electrons. The Bertz CT molecular complexity index is 1070. The van der Waals surface area contributed by atoms with E-state index in [1.165, 1.54) is 0 Å². The summed E-state index contributed by atoms with van der Waals surface area (Å²) in [6.45, 7) is 0. The van der Waals surface area contributed by atoms with Crippen molar-refractivity contribution in [3.05, 3.63) is 97.9 Å². The maximum atomic E-state index is 6.50. The molecule has 3 aromatic rings. The first-order chi connectivity index (χ1) is 13.6. The van der Waals surface area contributed by atoms with Gasteiger partial charge in [0.05, 0.1) is 16.8 Å². The first-order valence-corrected chi connectivity index (χ1v) is 10.5. The van der Waals surface area contributed by atoms with Crippen LogP contribution in [0.1, 0.15) is 35.4 Å². The molecule has 0 spiro atoms. The van der Waals surface area contributed by atoms with Gasteiger partial charge in [0.15, 0.2) is 0 Å². The molecule has 5 rings (SSSR count). The Kier molecular flexibility index (Phi) is 4.58. The molecule has 0 N–H and O–H groups in total. The smallest absolute Gasteiger partial charge is 0.213 e. The van der Waals surface area contributed by atoms with Crippen molar-refractivity contribution in [2.24, 2.45) is 5.10 Å². The van der Waals surface area contributed by atoms with Gasteiger partial charge in [-0.3, -0.25) is 0 Å². The number of halogens is 3. The van der Waals surface area contributed by atoms with Gasteiger partial charge in [-0.25, -0.2) is 5.01 Å². The largest absolute Gasteiger partial charge is 0.463 e. The zero-order chi connectivity index (χ0) is 19.3. The highest BCUT2D eigenvalue weighted by molar-refractivity contribution is 9.10. The lowest BCUT2D eigenvalue weighted by Crippen LogP contribution is -2.33. The van der Waals surface area contributed by atoms with E-state index in [0.29, 0.717) is 15.8 Å². The van der Waals surface area contributed by atoms with Gasteiger partial charge in [0.2, 0.25) is 6.23 Å². The van der Waals surface area contributed by atoms with Gasteiger partial charge in [0.25, 0.3) is 0 Å². The SMILES string of the molecule is Clc1cc(Cl)c2c(c1)[C@H]1CC(c3ccccc3)=NN1[C@H](c1ccc(Br)cc1)O2. The number of hydrogen-bond donors (Lipinski definition) is 0. The second-order valence-corrected chi connectivity index (χ2v) is 8.60. The molecular formula is C22H15BrCl2N2O. The maximum absolute atomic E-state index is 6.50. The Morgan fingerprint density at radius 2 is 1.75 bits per heavy atom. The van der Waals surface area contributed by atoms with E-state index in [0.717, 1.165) is 33.3 Å². The third-order valence-corrected chi connectivity index (χ3v) is 6.10. The number of ether oxygens (including phenoxy) is 1. The Morgan fingerprint density at radius 3 is 2.50 bits per heavy atom. The summed E-state index contributed by atoms with van der Waals surface area (Å²) in [5, 5.41) is 8.10. The lowest BCUT2D eigenvalue weighted by molar-refractivity contribution is -0.0189. The molecule has 0 unspecified atom stereocenters. The normalized spacial score (nSPS) is 20.2. The molecule has 0 saturated carbocycles. The highest BCUT2D eigenvalue weighted by atomic mass is 79.9. The number of benzene rings is 3. The van der Waals surface area contributed by atoms with Gasteiger partial charge in [-0.1, -0.05) is 81.6 Å². The van der Waals surface area contributed by atoms with Crippen molar-refractivity contribution in [2.45, 2.75) is 18.7 Å². The zero-order valence-corrected chi connectivity index (χ0v) is 17.7. The molecule has 2 aliphatic heterocycles. The standard InChI is InChI=1S/C22H15BrCl2N2O/c23-15-8-6-14(7-9-15)22-27-20(12-19(26-27)13-4-2-1-3-5-13)17-10-16(24)11-18(25)21(17)28-22/h1-11,20,22H,12H2/t20-,22+/m1/s1. The molecule has 0 bridgehead atoms. The first kappa shape index (κ1) is 18.0. The average Bonchev–Trinajstić information content (AvgIpc) is 3.15. The number of nitrogens with zero attached hydrogens (tertiary/aromatic N) is 2. The maximum Gasteiger partial charge on any atom is 0.213 e. The average molecular weight is 474 g/mol. The Morgan fingerprint density at radius 1 is 1.00 bits per heavy atom. The molecule has 2 heterocycles. The van der Waals surface area contributed by atoms with E-state index in [4.69, 9.17) is 33.0 Å². The summed E-state index contributed by atoms with van der Waals surface area (Å²) in [5.74, 6) is 0.685. The number of hydrazone groups is 1. The van der Waals surface area contributed by atoms with Crippen LogP contribution in [0.5, 0.6) is 5.75 Å². The molecule has 0 saturated heterocycles. The molecule has 0 aliphatic carbocycles. The van der Waals surface area contributed by atoms with Crippen molar-refractivity contribution in [2.75, 3.05) is 0 Å². The molecule has 3 aromatic carbocycles. The van der Waals surface area contributed by atoms with Gasteiger partial charge in [0.1, 0.15) is 5.75 Å². The van der Waals surface area contributed by atoms with Crippen molar-refractivity contribution in [3.8, 4) is 5.75 Å². The Labute approximate surface area is 181 Å². The number of fused-ring (bicyclic) bond motifs is 3. The summed E-state index contributed by atoms with van der Waals surface area (Å²) in [5.41, 5.74) is 4.13. The number of hydrogen-bond acceptors (Lipinski definition) is 3. The predicted molar refractivity (Wildman–Crippen MR) is 116 cm³/mol. The van der Waals surface area contributed by atoms with Gasteiger partial charge in [-0.15, -0.1) is 0 Å². The molecule has 3 nitrogen and oxygen atoms in total. The van der Waals surface area contributed by atoms with Crippen LogP contribution in [0.2, 0.25) is 10.0 Å². The van der Waals surface area contributed by atoms with Gasteiger partial charge >= 0.3 is 0 Å². The summed E-state index contributed by atoms with van der Waals surface area (Å²) < 4.78 is 7.37. The summed E-state index contributed by atoms with van der Waals surface area (Å²) >= 11 is 16.3. The van der Waals surface area contributed by atoms with Crippen molar-refractivity contribution in [1.29, 1.82) is 0 Å². The van der Waals surface area contributed by atoms with Crippen molar-refractivity contribution in [1.82, 2.24) is 5.01 Å². The van der Waals surface area contributed by atoms with E-state index in [9.17, 15) is 0 Å². The van der Waals surface area contributed by atoms with Gasteiger partial charge in [-0.05, 0) is 29.8 Å². The van der Waals surface area contributed by atoms with Crippen LogP contribution >= 0.6 is 39.1 Å². The topological polar surface area (TPSA) is 24.8 Å². The van der Waals surface area contributed by atoms with E-state index >= 15 is 0 Å². The minimum Gasteiger partial charge on any atom is -0.463 e. The van der Waals surface area contributed by atoms with Crippen LogP contribution in [0.25, 0.3) is 0 Å². The minimum atomic E-state index is -0.356. The van der Waals surface area contributed by atoms with Crippen molar-refractivity contribution < 1.29 is 4.74 Å². The Balaban J connectivity index is 1.63. The predicted octanol–water partition coefficient (Wildman–Crippen LogP) is 7.00. The second kappa shape index (κ2) is 7.11. The fourth-order valence-corrected chi connectivity index (χ4v) is 4.59. The van der Waals surface area contributed by atoms with Crippen LogP contribution in [0.3, 0.4) is 0 Å². The Hall–Kier alpha value is -2.01. The fourth-order valence-electron chi connectivity index (χ4n) is 3.77. The molecular weight excluding hydrogens is 459 g/mol. The molecule has 0 fully saturated rings. The monoisotopic (exact) mass is 472 g/mol. The van der Waals surface area contributed by atoms with Crippen LogP contribution in [0.15, 0.2) is 76.3 Å². The third kappa shape index (κ3) is 3.10. The molecule has 6 heteroatoms. The van der Waals surface area contributed by atoms with Crippen LogP contribution < -0.4 is 4.74 Å². The van der Waals surface area contributed by atoms with Gasteiger partial charge in [0, 0.05) is 27.0 Å². The minimum absolute atomic E-state index is 0.0174. The zero-order valence-electron chi connectivity index (χ0n) is 14.6. The molecule has 0 amide bonds. The van der Waals surface area contributed by atoms with E-state index in [1.54, 1.807) is 6.07 Å². The van der Waals surface area contributed by atoms with Crippen LogP contribution in [-0.4, -0.2) is 10.7 Å². The van der Waals surface area contributed by atoms with E-state index in [2.05, 4.69) is 28.1 Å². The lowest BCUT2D eigenvalue weighted by Gasteiger charge is -2.38. The van der Waals surface area contributed by atoms with Crippen LogP contribution in [0, 0.1) is 0 Å². The highest BCUT2D eigenvalue weighted by Gasteiger charge is 2.42. The van der Waals surface area contributed by atoms with Crippen LogP contribution in [-0.2, 0) is 0 Å². The summed E-state index contributed by atoms with van der Waals surface area (Å²) in [4.78, 5) is 0. The fraction of sp³-hybridized carbons (Fsp3) is 0.136. The molecule has 2 aliphatic rings. The first-order valence-electron chi connectivity index (χ1n) is 8.92. The molecule has 2 atom stereocenters. The van der Waals surface area contributed by atoms with E-state index < -0.39 is 0 Å². The lowest BCUT2D eigenvalue weighted by atomic mass is 9.96.